The van der Waals surface area contributed by atoms with Gasteiger partial charge in [-0.15, -0.1) is 0 Å². The standard InChI is InChI=1S/C28H30N2O2/c1-27(2,3)21-16-18(17-22(25(21)31)28(4,5)6)15-20-19-11-7-8-12-23(19)30(26(20)32)24-13-9-10-14-29-24/h7-17,31H,1-6H3. The molecule has 0 fully saturated rings. The molecule has 1 N–H and O–H groups in total. The van der Waals surface area contributed by atoms with Gasteiger partial charge < -0.3 is 5.11 Å². The molecule has 0 atom stereocenters. The number of fused-ring (bicyclic) bond motifs is 1. The van der Waals surface area contributed by atoms with E-state index in [9.17, 15) is 9.90 Å². The van der Waals surface area contributed by atoms with E-state index in [0.717, 1.165) is 27.9 Å². The van der Waals surface area contributed by atoms with Crippen molar-refractivity contribution >= 4 is 29.1 Å². The molecule has 0 unspecified atom stereocenters. The SMILES string of the molecule is CC(C)(C)c1cc(C=C2C(=O)N(c3ccccn3)c3ccccc32)cc(C(C)(C)C)c1O. The molecule has 4 nitrogen and oxygen atoms in total. The van der Waals surface area contributed by atoms with Gasteiger partial charge in [0.2, 0.25) is 0 Å². The molecule has 2 heterocycles. The Balaban J connectivity index is 1.92. The van der Waals surface area contributed by atoms with Crippen LogP contribution in [-0.2, 0) is 15.6 Å². The van der Waals surface area contributed by atoms with E-state index in [4.69, 9.17) is 0 Å². The van der Waals surface area contributed by atoms with Gasteiger partial charge in [-0.1, -0.05) is 65.8 Å². The normalized spacial score (nSPS) is 15.4. The minimum absolute atomic E-state index is 0.104. The van der Waals surface area contributed by atoms with Crippen molar-refractivity contribution in [2.75, 3.05) is 4.90 Å². The fraction of sp³-hybridized carbons (Fsp3) is 0.286. The van der Waals surface area contributed by atoms with Crippen molar-refractivity contribution in [3.63, 3.8) is 0 Å². The molecule has 1 aliphatic heterocycles. The molecule has 164 valence electrons. The number of nitrogens with zero attached hydrogens (tertiary/aromatic N) is 2. The van der Waals surface area contributed by atoms with E-state index in [1.807, 2.05) is 60.7 Å². The molecular formula is C28H30N2O2. The summed E-state index contributed by atoms with van der Waals surface area (Å²) in [5.41, 5.74) is 4.50. The summed E-state index contributed by atoms with van der Waals surface area (Å²) in [7, 11) is 0. The Morgan fingerprint density at radius 3 is 2.03 bits per heavy atom. The highest BCUT2D eigenvalue weighted by Gasteiger charge is 2.34. The Hall–Kier alpha value is -3.40. The molecular weight excluding hydrogens is 396 g/mol. The molecule has 0 radical (unpaired) electrons. The minimum Gasteiger partial charge on any atom is -0.507 e. The van der Waals surface area contributed by atoms with Crippen LogP contribution in [0, 0.1) is 0 Å². The number of aromatic hydroxyl groups is 1. The van der Waals surface area contributed by atoms with Crippen LogP contribution in [0.5, 0.6) is 5.75 Å². The van der Waals surface area contributed by atoms with Crippen molar-refractivity contribution in [3.8, 4) is 5.75 Å². The lowest BCUT2D eigenvalue weighted by Gasteiger charge is -2.28. The summed E-state index contributed by atoms with van der Waals surface area (Å²) in [5, 5.41) is 11.0. The third-order valence-corrected chi connectivity index (χ3v) is 5.81. The zero-order chi connectivity index (χ0) is 23.3. The molecule has 2 aromatic carbocycles. The van der Waals surface area contributed by atoms with Crippen molar-refractivity contribution in [2.24, 2.45) is 0 Å². The van der Waals surface area contributed by atoms with Gasteiger partial charge in [0.1, 0.15) is 11.6 Å². The fourth-order valence-electron chi connectivity index (χ4n) is 4.14. The van der Waals surface area contributed by atoms with Gasteiger partial charge in [-0.2, -0.15) is 0 Å². The van der Waals surface area contributed by atoms with E-state index in [1.165, 1.54) is 0 Å². The predicted octanol–water partition coefficient (Wildman–Crippen LogP) is 6.60. The van der Waals surface area contributed by atoms with Crippen LogP contribution in [0.2, 0.25) is 0 Å². The monoisotopic (exact) mass is 426 g/mol. The smallest absolute Gasteiger partial charge is 0.264 e. The van der Waals surface area contributed by atoms with E-state index in [1.54, 1.807) is 11.1 Å². The van der Waals surface area contributed by atoms with Crippen LogP contribution in [0.25, 0.3) is 11.6 Å². The summed E-state index contributed by atoms with van der Waals surface area (Å²) in [6.07, 6.45) is 3.63. The quantitative estimate of drug-likeness (QED) is 0.470. The van der Waals surface area contributed by atoms with Crippen LogP contribution in [0.3, 0.4) is 0 Å². The summed E-state index contributed by atoms with van der Waals surface area (Å²) < 4.78 is 0. The molecule has 0 saturated carbocycles. The third-order valence-electron chi connectivity index (χ3n) is 5.81. The number of para-hydroxylation sites is 1. The van der Waals surface area contributed by atoms with Gasteiger partial charge >= 0.3 is 0 Å². The third kappa shape index (κ3) is 3.81. The lowest BCUT2D eigenvalue weighted by molar-refractivity contribution is -0.112. The molecule has 0 spiro atoms. The highest BCUT2D eigenvalue weighted by atomic mass is 16.3. The largest absolute Gasteiger partial charge is 0.507 e. The second-order valence-corrected chi connectivity index (χ2v) is 10.4. The first-order valence-electron chi connectivity index (χ1n) is 10.9. The minimum atomic E-state index is -0.240. The molecule has 32 heavy (non-hydrogen) atoms. The number of rotatable bonds is 2. The van der Waals surface area contributed by atoms with Crippen molar-refractivity contribution in [2.45, 2.75) is 52.4 Å². The van der Waals surface area contributed by atoms with Crippen molar-refractivity contribution < 1.29 is 9.90 Å². The second-order valence-electron chi connectivity index (χ2n) is 10.4. The van der Waals surface area contributed by atoms with Gasteiger partial charge in [-0.25, -0.2) is 4.98 Å². The number of anilines is 2. The van der Waals surface area contributed by atoms with Crippen molar-refractivity contribution in [3.05, 3.63) is 83.0 Å². The molecule has 1 aliphatic rings. The number of phenolic OH excluding ortho intramolecular Hbond substituents is 1. The summed E-state index contributed by atoms with van der Waals surface area (Å²) in [4.78, 5) is 19.6. The Morgan fingerprint density at radius 2 is 1.47 bits per heavy atom. The van der Waals surface area contributed by atoms with Crippen LogP contribution in [-0.4, -0.2) is 16.0 Å². The van der Waals surface area contributed by atoms with Gasteiger partial charge in [0.25, 0.3) is 5.91 Å². The molecule has 0 saturated heterocycles. The topological polar surface area (TPSA) is 53.4 Å². The van der Waals surface area contributed by atoms with E-state index in [2.05, 4.69) is 46.5 Å². The lowest BCUT2D eigenvalue weighted by atomic mass is 9.78. The maximum Gasteiger partial charge on any atom is 0.264 e. The molecule has 4 heteroatoms. The maximum atomic E-state index is 13.6. The Labute approximate surface area is 190 Å². The number of hydrogen-bond donors (Lipinski definition) is 1. The number of pyridine rings is 1. The first-order chi connectivity index (χ1) is 15.0. The van der Waals surface area contributed by atoms with E-state index in [-0.39, 0.29) is 16.7 Å². The first-order valence-corrected chi connectivity index (χ1v) is 10.9. The van der Waals surface area contributed by atoms with Crippen molar-refractivity contribution in [1.82, 2.24) is 4.98 Å². The highest BCUT2D eigenvalue weighted by Crippen LogP contribution is 2.43. The van der Waals surface area contributed by atoms with Gasteiger partial charge in [0.15, 0.2) is 0 Å². The van der Waals surface area contributed by atoms with Gasteiger partial charge in [0, 0.05) is 22.9 Å². The lowest BCUT2D eigenvalue weighted by Crippen LogP contribution is -2.21. The Bertz CT molecular complexity index is 1180. The number of carbonyl (C=O) groups is 1. The number of benzene rings is 2. The second kappa shape index (κ2) is 7.63. The summed E-state index contributed by atoms with van der Waals surface area (Å²) >= 11 is 0. The number of hydrogen-bond acceptors (Lipinski definition) is 3. The summed E-state index contributed by atoms with van der Waals surface area (Å²) in [6, 6.07) is 17.3. The molecule has 4 rings (SSSR count). The van der Waals surface area contributed by atoms with Gasteiger partial charge in [-0.3, -0.25) is 9.69 Å². The Kier molecular flexibility index (Phi) is 5.20. The number of carbonyl (C=O) groups excluding carboxylic acids is 1. The number of phenols is 1. The van der Waals surface area contributed by atoms with Gasteiger partial charge in [-0.05, 0) is 52.8 Å². The Morgan fingerprint density at radius 1 is 0.875 bits per heavy atom. The van der Waals surface area contributed by atoms with Crippen LogP contribution in [0.4, 0.5) is 11.5 Å². The van der Waals surface area contributed by atoms with E-state index in [0.29, 0.717) is 17.1 Å². The average Bonchev–Trinajstić information content (AvgIpc) is 2.99. The molecule has 1 amide bonds. The fourth-order valence-corrected chi connectivity index (χ4v) is 4.14. The zero-order valence-corrected chi connectivity index (χ0v) is 19.6. The number of amides is 1. The summed E-state index contributed by atoms with van der Waals surface area (Å²) in [6.45, 7) is 12.5. The maximum absolute atomic E-state index is 13.6. The van der Waals surface area contributed by atoms with Crippen molar-refractivity contribution in [1.29, 1.82) is 0 Å². The van der Waals surface area contributed by atoms with E-state index < -0.39 is 0 Å². The van der Waals surface area contributed by atoms with Crippen LogP contribution < -0.4 is 4.90 Å². The van der Waals surface area contributed by atoms with Crippen LogP contribution >= 0.6 is 0 Å². The average molecular weight is 427 g/mol. The first kappa shape index (κ1) is 21.8. The van der Waals surface area contributed by atoms with Crippen LogP contribution in [0.15, 0.2) is 60.8 Å². The van der Waals surface area contributed by atoms with E-state index >= 15 is 0 Å². The summed E-state index contributed by atoms with van der Waals surface area (Å²) in [5.74, 6) is 0.831. The van der Waals surface area contributed by atoms with Crippen LogP contribution in [0.1, 0.15) is 63.8 Å². The molecule has 1 aromatic heterocycles. The number of aromatic nitrogens is 1. The zero-order valence-electron chi connectivity index (χ0n) is 19.6. The van der Waals surface area contributed by atoms with Gasteiger partial charge in [0.05, 0.1) is 11.3 Å². The molecule has 3 aromatic rings. The predicted molar refractivity (Wildman–Crippen MR) is 131 cm³/mol. The molecule has 0 aliphatic carbocycles. The highest BCUT2D eigenvalue weighted by molar-refractivity contribution is 6.37. The molecule has 0 bridgehead atoms.